The van der Waals surface area contributed by atoms with Gasteiger partial charge in [0, 0.05) is 31.6 Å². The maximum absolute atomic E-state index is 15.4. The van der Waals surface area contributed by atoms with E-state index in [2.05, 4.69) is 5.10 Å². The predicted octanol–water partition coefficient (Wildman–Crippen LogP) is 3.94. The highest BCUT2D eigenvalue weighted by Crippen LogP contribution is 2.46. The van der Waals surface area contributed by atoms with E-state index in [1.54, 1.807) is 31.0 Å². The summed E-state index contributed by atoms with van der Waals surface area (Å²) in [5.74, 6) is -3.50. The molecular weight excluding hydrogens is 510 g/mol. The average Bonchev–Trinajstić information content (AvgIpc) is 3.44. The number of ether oxygens (including phenoxy) is 2. The quantitative estimate of drug-likeness (QED) is 0.423. The fourth-order valence-electron chi connectivity index (χ4n) is 5.43. The number of hydrogen-bond donors (Lipinski definition) is 0. The SMILES string of the molecule is CCN(C)C(=O)OCOc1c2n(ncc1=O)[C@@H](C(c1ccccc1)c1cccc(F)c1F)[C@H]1CCCN1C2=O. The highest BCUT2D eigenvalue weighted by atomic mass is 19.2. The van der Waals surface area contributed by atoms with Crippen LogP contribution in [0.3, 0.4) is 0 Å². The third-order valence-corrected chi connectivity index (χ3v) is 7.40. The topological polar surface area (TPSA) is 94.0 Å². The number of nitrogens with zero attached hydrogens (tertiary/aromatic N) is 4. The molecule has 2 aliphatic heterocycles. The summed E-state index contributed by atoms with van der Waals surface area (Å²) in [5.41, 5.74) is 0.0128. The van der Waals surface area contributed by atoms with E-state index in [0.29, 0.717) is 31.5 Å². The van der Waals surface area contributed by atoms with E-state index in [9.17, 15) is 18.8 Å². The molecule has 0 spiro atoms. The molecule has 3 aromatic rings. The minimum atomic E-state index is -0.987. The van der Waals surface area contributed by atoms with E-state index >= 15 is 4.39 Å². The molecule has 1 unspecified atom stereocenters. The van der Waals surface area contributed by atoms with Crippen molar-refractivity contribution in [1.29, 1.82) is 0 Å². The Morgan fingerprint density at radius 3 is 2.67 bits per heavy atom. The van der Waals surface area contributed by atoms with Gasteiger partial charge in [0.2, 0.25) is 18.0 Å². The van der Waals surface area contributed by atoms with E-state index in [1.165, 1.54) is 21.7 Å². The van der Waals surface area contributed by atoms with Crippen LogP contribution in [0.2, 0.25) is 0 Å². The van der Waals surface area contributed by atoms with Crippen LogP contribution in [0.5, 0.6) is 5.75 Å². The lowest BCUT2D eigenvalue weighted by atomic mass is 9.79. The molecule has 2 amide bonds. The van der Waals surface area contributed by atoms with Gasteiger partial charge in [-0.25, -0.2) is 13.6 Å². The maximum atomic E-state index is 15.4. The molecule has 0 aliphatic carbocycles. The lowest BCUT2D eigenvalue weighted by Crippen LogP contribution is -2.51. The molecule has 11 heteroatoms. The molecule has 0 radical (unpaired) electrons. The van der Waals surface area contributed by atoms with Gasteiger partial charge in [0.25, 0.3) is 5.91 Å². The molecule has 3 heterocycles. The van der Waals surface area contributed by atoms with Crippen LogP contribution in [0.4, 0.5) is 13.6 Å². The number of benzene rings is 2. The smallest absolute Gasteiger partial charge is 0.412 e. The number of fused-ring (bicyclic) bond motifs is 2. The van der Waals surface area contributed by atoms with Gasteiger partial charge in [-0.3, -0.25) is 14.3 Å². The molecule has 9 nitrogen and oxygen atoms in total. The Kier molecular flexibility index (Phi) is 7.32. The number of aromatic nitrogens is 2. The largest absolute Gasteiger partial charge is 0.451 e. The number of hydrogen-bond acceptors (Lipinski definition) is 6. The van der Waals surface area contributed by atoms with E-state index in [4.69, 9.17) is 9.47 Å². The molecule has 1 aromatic heterocycles. The summed E-state index contributed by atoms with van der Waals surface area (Å²) in [6.45, 7) is 1.99. The summed E-state index contributed by atoms with van der Waals surface area (Å²) in [7, 11) is 1.54. The van der Waals surface area contributed by atoms with Gasteiger partial charge in [-0.15, -0.1) is 0 Å². The van der Waals surface area contributed by atoms with Crippen molar-refractivity contribution >= 4 is 12.0 Å². The molecule has 5 rings (SSSR count). The Bertz CT molecular complexity index is 1450. The highest BCUT2D eigenvalue weighted by molar-refractivity contribution is 5.96. The Balaban J connectivity index is 1.65. The van der Waals surface area contributed by atoms with Crippen LogP contribution in [-0.4, -0.2) is 64.6 Å². The predicted molar refractivity (Wildman–Crippen MR) is 137 cm³/mol. The van der Waals surface area contributed by atoms with Crippen molar-refractivity contribution in [2.75, 3.05) is 26.9 Å². The lowest BCUT2D eigenvalue weighted by Gasteiger charge is -2.42. The lowest BCUT2D eigenvalue weighted by molar-refractivity contribution is 0.0351. The molecule has 2 aromatic carbocycles. The summed E-state index contributed by atoms with van der Waals surface area (Å²) >= 11 is 0. The molecule has 0 saturated carbocycles. The van der Waals surface area contributed by atoms with Crippen molar-refractivity contribution in [3.05, 3.63) is 93.4 Å². The van der Waals surface area contributed by atoms with E-state index in [-0.39, 0.29) is 17.0 Å². The van der Waals surface area contributed by atoms with Crippen LogP contribution in [0.25, 0.3) is 0 Å². The van der Waals surface area contributed by atoms with Crippen molar-refractivity contribution < 1.29 is 27.8 Å². The fourth-order valence-corrected chi connectivity index (χ4v) is 5.43. The summed E-state index contributed by atoms with van der Waals surface area (Å²) in [6.07, 6.45) is 1.67. The van der Waals surface area contributed by atoms with Gasteiger partial charge in [0.15, 0.2) is 17.3 Å². The molecule has 0 bridgehead atoms. The van der Waals surface area contributed by atoms with Crippen molar-refractivity contribution in [1.82, 2.24) is 19.6 Å². The second kappa shape index (κ2) is 10.8. The Morgan fingerprint density at radius 1 is 1.15 bits per heavy atom. The second-order valence-electron chi connectivity index (χ2n) is 9.55. The molecule has 1 fully saturated rings. The average molecular weight is 539 g/mol. The molecular formula is C28H28F2N4O5. The fraction of sp³-hybridized carbons (Fsp3) is 0.357. The van der Waals surface area contributed by atoms with E-state index in [1.807, 2.05) is 18.2 Å². The Labute approximate surface area is 223 Å². The first kappa shape index (κ1) is 26.3. The summed E-state index contributed by atoms with van der Waals surface area (Å²) in [6, 6.07) is 12.0. The Morgan fingerprint density at radius 2 is 1.92 bits per heavy atom. The van der Waals surface area contributed by atoms with Crippen LogP contribution < -0.4 is 10.2 Å². The van der Waals surface area contributed by atoms with Gasteiger partial charge in [-0.2, -0.15) is 5.10 Å². The van der Waals surface area contributed by atoms with Gasteiger partial charge < -0.3 is 19.3 Å². The monoisotopic (exact) mass is 538 g/mol. The zero-order valence-electron chi connectivity index (χ0n) is 21.5. The maximum Gasteiger partial charge on any atom is 0.412 e. The van der Waals surface area contributed by atoms with Gasteiger partial charge in [-0.05, 0) is 31.4 Å². The van der Waals surface area contributed by atoms with Crippen molar-refractivity contribution in [2.24, 2.45) is 0 Å². The third-order valence-electron chi connectivity index (χ3n) is 7.40. The van der Waals surface area contributed by atoms with Gasteiger partial charge in [-0.1, -0.05) is 42.5 Å². The molecule has 204 valence electrons. The van der Waals surface area contributed by atoms with Gasteiger partial charge >= 0.3 is 6.09 Å². The van der Waals surface area contributed by atoms with Crippen LogP contribution in [0.15, 0.2) is 59.5 Å². The number of carbonyl (C=O) groups is 2. The molecule has 0 N–H and O–H groups in total. The van der Waals surface area contributed by atoms with Gasteiger partial charge in [0.1, 0.15) is 0 Å². The third kappa shape index (κ3) is 4.73. The minimum Gasteiger partial charge on any atom is -0.451 e. The number of rotatable bonds is 7. The summed E-state index contributed by atoms with van der Waals surface area (Å²) < 4.78 is 41.9. The van der Waals surface area contributed by atoms with Crippen molar-refractivity contribution in [2.45, 2.75) is 37.8 Å². The molecule has 2 aliphatic rings. The van der Waals surface area contributed by atoms with E-state index < -0.39 is 53.9 Å². The first-order valence-electron chi connectivity index (χ1n) is 12.8. The normalized spacial score (nSPS) is 18.8. The van der Waals surface area contributed by atoms with Crippen LogP contribution in [0.1, 0.15) is 53.3 Å². The standard InChI is InChI=1S/C28H28F2N4O5/c1-3-32(2)28(37)39-16-38-26-21(35)15-31-34-24(20-13-8-14-33(20)27(36)25(26)34)22(17-9-5-4-6-10-17)18-11-7-12-19(29)23(18)30/h4-7,9-12,15,20,22,24H,3,8,13-14,16H2,1-2H3/t20-,22?,24-/m1/s1. The first-order chi connectivity index (χ1) is 18.8. The van der Waals surface area contributed by atoms with Crippen LogP contribution >= 0.6 is 0 Å². The summed E-state index contributed by atoms with van der Waals surface area (Å²) in [5, 5.41) is 4.32. The summed E-state index contributed by atoms with van der Waals surface area (Å²) in [4.78, 5) is 41.6. The minimum absolute atomic E-state index is 0.109. The zero-order valence-corrected chi connectivity index (χ0v) is 21.5. The van der Waals surface area contributed by atoms with Gasteiger partial charge in [0.05, 0.1) is 18.3 Å². The highest BCUT2D eigenvalue weighted by Gasteiger charge is 2.48. The van der Waals surface area contributed by atoms with Crippen LogP contribution in [0, 0.1) is 11.6 Å². The molecule has 3 atom stereocenters. The van der Waals surface area contributed by atoms with Crippen LogP contribution in [-0.2, 0) is 4.74 Å². The van der Waals surface area contributed by atoms with E-state index in [0.717, 1.165) is 12.3 Å². The number of halogens is 2. The van der Waals surface area contributed by atoms with Crippen molar-refractivity contribution in [3.8, 4) is 5.75 Å². The zero-order chi connectivity index (χ0) is 27.7. The second-order valence-corrected chi connectivity index (χ2v) is 9.55. The Hall–Kier alpha value is -4.28. The number of carbonyl (C=O) groups excluding carboxylic acids is 2. The molecule has 1 saturated heterocycles. The molecule has 39 heavy (non-hydrogen) atoms. The number of amides is 2. The van der Waals surface area contributed by atoms with Crippen molar-refractivity contribution in [3.63, 3.8) is 0 Å². The first-order valence-corrected chi connectivity index (χ1v) is 12.8.